The molecule has 1 rings (SSSR count). The number of halogens is 3. The summed E-state index contributed by atoms with van der Waals surface area (Å²) in [5.74, 6) is -0.420. The summed E-state index contributed by atoms with van der Waals surface area (Å²) in [5.41, 5.74) is 5.69. The largest absolute Gasteiger partial charge is 0.328 e. The van der Waals surface area contributed by atoms with Crippen LogP contribution in [0.5, 0.6) is 0 Å². The highest BCUT2D eigenvalue weighted by molar-refractivity contribution is 6.31. The Morgan fingerprint density at radius 1 is 1.46 bits per heavy atom. The summed E-state index contributed by atoms with van der Waals surface area (Å²) in [5, 5.41) is 0.246. The Bertz CT molecular complexity index is 291. The molecule has 4 heteroatoms. The number of rotatable bonds is 3. The molecule has 0 heterocycles. The molecule has 0 saturated carbocycles. The first-order valence-corrected chi connectivity index (χ1v) is 4.29. The van der Waals surface area contributed by atoms with Crippen molar-refractivity contribution in [2.45, 2.75) is 12.6 Å². The highest BCUT2D eigenvalue weighted by Gasteiger charge is 2.08. The maximum Gasteiger partial charge on any atom is 0.124 e. The Balaban J connectivity index is 2.77. The van der Waals surface area contributed by atoms with Gasteiger partial charge in [-0.3, -0.25) is 0 Å². The van der Waals surface area contributed by atoms with Crippen LogP contribution in [0.1, 0.15) is 5.56 Å². The molecule has 0 aliphatic carbocycles. The number of benzene rings is 1. The Morgan fingerprint density at radius 2 is 2.15 bits per heavy atom. The lowest BCUT2D eigenvalue weighted by molar-refractivity contribution is 0.340. The van der Waals surface area contributed by atoms with Gasteiger partial charge in [-0.05, 0) is 17.7 Å². The molecular formula is C9H10ClF2N. The predicted octanol–water partition coefficient (Wildman–Crippen LogP) is 2.32. The number of alkyl halides is 1. The van der Waals surface area contributed by atoms with E-state index in [-0.39, 0.29) is 18.0 Å². The minimum atomic E-state index is -1.12. The van der Waals surface area contributed by atoms with E-state index in [1.54, 1.807) is 0 Å². The highest BCUT2D eigenvalue weighted by atomic mass is 35.5. The molecule has 0 spiro atoms. The summed E-state index contributed by atoms with van der Waals surface area (Å²) in [7, 11) is 0. The molecule has 1 aromatic rings. The first-order chi connectivity index (χ1) is 6.13. The quantitative estimate of drug-likeness (QED) is 0.805. The van der Waals surface area contributed by atoms with Crippen LogP contribution in [0.3, 0.4) is 0 Å². The molecule has 0 fully saturated rings. The average molecular weight is 206 g/mol. The third kappa shape index (κ3) is 2.94. The summed E-state index contributed by atoms with van der Waals surface area (Å²) in [6.45, 7) is -0.0479. The molecule has 0 saturated heterocycles. The summed E-state index contributed by atoms with van der Waals surface area (Å²) in [4.78, 5) is 0. The third-order valence-corrected chi connectivity index (χ3v) is 2.06. The summed E-state index contributed by atoms with van der Waals surface area (Å²) >= 11 is 5.68. The van der Waals surface area contributed by atoms with Gasteiger partial charge in [0.2, 0.25) is 0 Å². The minimum Gasteiger partial charge on any atom is -0.328 e. The van der Waals surface area contributed by atoms with Crippen molar-refractivity contribution < 1.29 is 8.78 Å². The van der Waals surface area contributed by atoms with Gasteiger partial charge in [-0.15, -0.1) is 0 Å². The third-order valence-electron chi connectivity index (χ3n) is 1.71. The molecule has 1 nitrogen and oxygen atoms in total. The SMILES string of the molecule is NCC(F)Cc1ccc(F)cc1Cl. The van der Waals surface area contributed by atoms with Gasteiger partial charge in [0.1, 0.15) is 12.0 Å². The van der Waals surface area contributed by atoms with Crippen LogP contribution in [0, 0.1) is 5.82 Å². The molecule has 1 atom stereocenters. The topological polar surface area (TPSA) is 26.0 Å². The molecule has 0 radical (unpaired) electrons. The van der Waals surface area contributed by atoms with Gasteiger partial charge in [0.25, 0.3) is 0 Å². The molecule has 13 heavy (non-hydrogen) atoms. The van der Waals surface area contributed by atoms with Crippen LogP contribution in [0.4, 0.5) is 8.78 Å². The highest BCUT2D eigenvalue weighted by Crippen LogP contribution is 2.19. The molecule has 1 unspecified atom stereocenters. The zero-order chi connectivity index (χ0) is 9.84. The van der Waals surface area contributed by atoms with Crippen molar-refractivity contribution in [2.24, 2.45) is 5.73 Å². The van der Waals surface area contributed by atoms with E-state index in [9.17, 15) is 8.78 Å². The van der Waals surface area contributed by atoms with Crippen molar-refractivity contribution in [2.75, 3.05) is 6.54 Å². The molecule has 2 N–H and O–H groups in total. The van der Waals surface area contributed by atoms with Crippen LogP contribution in [0.25, 0.3) is 0 Å². The lowest BCUT2D eigenvalue weighted by Gasteiger charge is -2.06. The van der Waals surface area contributed by atoms with Crippen LogP contribution in [-0.4, -0.2) is 12.7 Å². The number of hydrogen-bond acceptors (Lipinski definition) is 1. The number of nitrogens with two attached hydrogens (primary N) is 1. The predicted molar refractivity (Wildman–Crippen MR) is 49.1 cm³/mol. The Labute approximate surface area is 80.5 Å². The monoisotopic (exact) mass is 205 g/mol. The Hall–Kier alpha value is -0.670. The van der Waals surface area contributed by atoms with E-state index >= 15 is 0 Å². The second-order valence-corrected chi connectivity index (χ2v) is 3.18. The summed E-state index contributed by atoms with van der Waals surface area (Å²) in [6.07, 6.45) is -0.988. The fourth-order valence-electron chi connectivity index (χ4n) is 1.01. The zero-order valence-electron chi connectivity index (χ0n) is 6.93. The van der Waals surface area contributed by atoms with E-state index in [0.717, 1.165) is 0 Å². The van der Waals surface area contributed by atoms with E-state index in [1.807, 2.05) is 0 Å². The lowest BCUT2D eigenvalue weighted by Crippen LogP contribution is -2.17. The minimum absolute atomic E-state index is 0.0479. The molecule has 0 aliphatic heterocycles. The molecule has 0 aromatic heterocycles. The van der Waals surface area contributed by atoms with Crippen molar-refractivity contribution in [1.29, 1.82) is 0 Å². The molecule has 0 aliphatic rings. The second-order valence-electron chi connectivity index (χ2n) is 2.77. The van der Waals surface area contributed by atoms with E-state index in [0.29, 0.717) is 5.56 Å². The van der Waals surface area contributed by atoms with Gasteiger partial charge in [-0.25, -0.2) is 8.78 Å². The van der Waals surface area contributed by atoms with Crippen LogP contribution >= 0.6 is 11.6 Å². The van der Waals surface area contributed by atoms with Crippen molar-refractivity contribution in [3.05, 3.63) is 34.6 Å². The van der Waals surface area contributed by atoms with Crippen LogP contribution in [0.15, 0.2) is 18.2 Å². The van der Waals surface area contributed by atoms with Crippen molar-refractivity contribution >= 4 is 11.6 Å². The van der Waals surface area contributed by atoms with Gasteiger partial charge >= 0.3 is 0 Å². The average Bonchev–Trinajstić information content (AvgIpc) is 2.09. The maximum absolute atomic E-state index is 12.8. The standard InChI is InChI=1S/C9H10ClF2N/c10-9-4-7(11)2-1-6(9)3-8(12)5-13/h1-2,4,8H,3,5,13H2. The van der Waals surface area contributed by atoms with Crippen LogP contribution in [0.2, 0.25) is 5.02 Å². The summed E-state index contributed by atoms with van der Waals surface area (Å²) in [6, 6.07) is 3.89. The smallest absolute Gasteiger partial charge is 0.124 e. The maximum atomic E-state index is 12.8. The van der Waals surface area contributed by atoms with Crippen molar-refractivity contribution in [3.63, 3.8) is 0 Å². The van der Waals surface area contributed by atoms with Gasteiger partial charge < -0.3 is 5.73 Å². The summed E-state index contributed by atoms with van der Waals surface area (Å²) < 4.78 is 25.4. The molecule has 1 aromatic carbocycles. The second kappa shape index (κ2) is 4.53. The van der Waals surface area contributed by atoms with E-state index < -0.39 is 12.0 Å². The normalized spacial score (nSPS) is 12.9. The van der Waals surface area contributed by atoms with Crippen LogP contribution < -0.4 is 5.73 Å². The van der Waals surface area contributed by atoms with E-state index in [2.05, 4.69) is 0 Å². The molecule has 0 bridgehead atoms. The lowest BCUT2D eigenvalue weighted by atomic mass is 10.1. The fourth-order valence-corrected chi connectivity index (χ4v) is 1.25. The van der Waals surface area contributed by atoms with Gasteiger partial charge in [-0.2, -0.15) is 0 Å². The van der Waals surface area contributed by atoms with Gasteiger partial charge in [0.15, 0.2) is 0 Å². The Kier molecular flexibility index (Phi) is 3.63. The fraction of sp³-hybridized carbons (Fsp3) is 0.333. The Morgan fingerprint density at radius 3 is 2.69 bits per heavy atom. The first kappa shape index (κ1) is 10.4. The molecule has 72 valence electrons. The van der Waals surface area contributed by atoms with Crippen LogP contribution in [-0.2, 0) is 6.42 Å². The molecule has 0 amide bonds. The van der Waals surface area contributed by atoms with Gasteiger partial charge in [0, 0.05) is 18.0 Å². The van der Waals surface area contributed by atoms with Gasteiger partial charge in [-0.1, -0.05) is 17.7 Å². The first-order valence-electron chi connectivity index (χ1n) is 3.91. The van der Waals surface area contributed by atoms with Crippen molar-refractivity contribution in [3.8, 4) is 0 Å². The molecular weight excluding hydrogens is 196 g/mol. The zero-order valence-corrected chi connectivity index (χ0v) is 7.69. The van der Waals surface area contributed by atoms with E-state index in [1.165, 1.54) is 18.2 Å². The number of hydrogen-bond donors (Lipinski definition) is 1. The van der Waals surface area contributed by atoms with Crippen molar-refractivity contribution in [1.82, 2.24) is 0 Å². The van der Waals surface area contributed by atoms with E-state index in [4.69, 9.17) is 17.3 Å². The van der Waals surface area contributed by atoms with Gasteiger partial charge in [0.05, 0.1) is 0 Å².